The Morgan fingerprint density at radius 2 is 1.85 bits per heavy atom. The fourth-order valence-corrected chi connectivity index (χ4v) is 1.25. The summed E-state index contributed by atoms with van der Waals surface area (Å²) in [5, 5.41) is 26.0. The largest absolute Gasteiger partial charge is 0.468 e. The van der Waals surface area contributed by atoms with E-state index in [1.165, 1.54) is 0 Å². The fraction of sp³-hybridized carbons (Fsp3) is 0.500. The van der Waals surface area contributed by atoms with Gasteiger partial charge in [-0.25, -0.2) is 0 Å². The van der Waals surface area contributed by atoms with Crippen LogP contribution >= 0.6 is 0 Å². The number of methoxy groups -OCH3 is 1. The van der Waals surface area contributed by atoms with Gasteiger partial charge < -0.3 is 4.74 Å². The molecule has 13 heavy (non-hydrogen) atoms. The summed E-state index contributed by atoms with van der Waals surface area (Å²) in [6.45, 7) is 0. The van der Waals surface area contributed by atoms with Crippen LogP contribution in [-0.2, 0) is 9.53 Å². The Morgan fingerprint density at radius 3 is 2.08 bits per heavy atom. The summed E-state index contributed by atoms with van der Waals surface area (Å²) in [5.41, 5.74) is -3.07. The van der Waals surface area contributed by atoms with Crippen molar-refractivity contribution in [1.29, 1.82) is 15.8 Å². The van der Waals surface area contributed by atoms with Crippen LogP contribution in [0.3, 0.4) is 0 Å². The molecule has 1 atom stereocenters. The molecule has 0 amide bonds. The number of rotatable bonds is 1. The van der Waals surface area contributed by atoms with Gasteiger partial charge in [0.1, 0.15) is 0 Å². The van der Waals surface area contributed by atoms with Gasteiger partial charge in [0, 0.05) is 6.42 Å². The Kier molecular flexibility index (Phi) is 1.71. The molecule has 0 aliphatic heterocycles. The molecule has 0 N–H and O–H groups in total. The van der Waals surface area contributed by atoms with E-state index in [0.717, 1.165) is 7.11 Å². The van der Waals surface area contributed by atoms with Crippen LogP contribution in [-0.4, -0.2) is 13.1 Å². The van der Waals surface area contributed by atoms with Crippen molar-refractivity contribution >= 4 is 5.97 Å². The van der Waals surface area contributed by atoms with Crippen molar-refractivity contribution in [2.24, 2.45) is 10.8 Å². The highest BCUT2D eigenvalue weighted by Gasteiger charge is 2.76. The maximum atomic E-state index is 11.1. The summed E-state index contributed by atoms with van der Waals surface area (Å²) in [7, 11) is 1.12. The average molecular weight is 175 g/mol. The van der Waals surface area contributed by atoms with Gasteiger partial charge >= 0.3 is 5.97 Å². The number of hydrogen-bond acceptors (Lipinski definition) is 5. The molecule has 1 aliphatic rings. The molecule has 5 heteroatoms. The summed E-state index contributed by atoms with van der Waals surface area (Å²) in [4.78, 5) is 11.1. The number of carbonyl (C=O) groups excluding carboxylic acids is 1. The van der Waals surface area contributed by atoms with Crippen LogP contribution in [0, 0.1) is 44.8 Å². The van der Waals surface area contributed by atoms with Gasteiger partial charge in [-0.3, -0.25) is 4.79 Å². The van der Waals surface area contributed by atoms with Gasteiger partial charge in [-0.05, 0) is 0 Å². The first-order chi connectivity index (χ1) is 6.12. The quantitative estimate of drug-likeness (QED) is 0.526. The second kappa shape index (κ2) is 2.47. The Bertz CT molecular complexity index is 368. The predicted octanol–water partition coefficient (Wildman–Crippen LogP) is 0.107. The second-order valence-corrected chi connectivity index (χ2v) is 2.81. The van der Waals surface area contributed by atoms with Crippen LogP contribution in [0.4, 0.5) is 0 Å². The molecule has 1 rings (SSSR count). The molecule has 0 radical (unpaired) electrons. The third-order valence-corrected chi connectivity index (χ3v) is 2.24. The first-order valence-electron chi connectivity index (χ1n) is 3.44. The standard InChI is InChI=1S/C8H5N3O2/c1-13-6(12)8(5-11)2-7(8,3-9)4-10/h2H2,1H3. The highest BCUT2D eigenvalue weighted by Crippen LogP contribution is 2.63. The summed E-state index contributed by atoms with van der Waals surface area (Å²) in [6, 6.07) is 5.03. The molecule has 1 fully saturated rings. The highest BCUT2D eigenvalue weighted by molar-refractivity contribution is 5.87. The molecule has 1 unspecified atom stereocenters. The maximum Gasteiger partial charge on any atom is 0.329 e. The minimum absolute atomic E-state index is 0.0594. The van der Waals surface area contributed by atoms with Gasteiger partial charge in [0.25, 0.3) is 0 Å². The zero-order valence-electron chi connectivity index (χ0n) is 6.87. The zero-order chi connectivity index (χ0) is 10.1. The summed E-state index contributed by atoms with van der Waals surface area (Å²) in [5.74, 6) is -0.807. The first kappa shape index (κ1) is 9.03. The van der Waals surface area contributed by atoms with Crippen molar-refractivity contribution in [3.05, 3.63) is 0 Å². The monoisotopic (exact) mass is 175 g/mol. The molecule has 0 aromatic rings. The Hall–Kier alpha value is -2.06. The van der Waals surface area contributed by atoms with Crippen LogP contribution in [0.25, 0.3) is 0 Å². The topological polar surface area (TPSA) is 97.7 Å². The average Bonchev–Trinajstić information content (AvgIpc) is 2.87. The van der Waals surface area contributed by atoms with Gasteiger partial charge in [-0.15, -0.1) is 0 Å². The van der Waals surface area contributed by atoms with Crippen molar-refractivity contribution in [1.82, 2.24) is 0 Å². The third kappa shape index (κ3) is 0.803. The number of carbonyl (C=O) groups is 1. The van der Waals surface area contributed by atoms with Crippen molar-refractivity contribution in [2.45, 2.75) is 6.42 Å². The number of ether oxygens (including phenoxy) is 1. The SMILES string of the molecule is COC(=O)C1(C#N)CC1(C#N)C#N. The molecule has 0 aromatic carbocycles. The first-order valence-corrected chi connectivity index (χ1v) is 3.44. The van der Waals surface area contributed by atoms with E-state index in [2.05, 4.69) is 4.74 Å². The molecule has 5 nitrogen and oxygen atoms in total. The van der Waals surface area contributed by atoms with Crippen LogP contribution in [0.15, 0.2) is 0 Å². The molecule has 0 saturated heterocycles. The van der Waals surface area contributed by atoms with Crippen molar-refractivity contribution in [3.63, 3.8) is 0 Å². The van der Waals surface area contributed by atoms with Crippen molar-refractivity contribution in [3.8, 4) is 18.2 Å². The number of nitrogens with zero attached hydrogens (tertiary/aromatic N) is 3. The molecule has 0 heterocycles. The number of esters is 1. The smallest absolute Gasteiger partial charge is 0.329 e. The summed E-state index contributed by atoms with van der Waals surface area (Å²) < 4.78 is 4.36. The molecule has 1 aliphatic carbocycles. The van der Waals surface area contributed by atoms with Crippen LogP contribution < -0.4 is 0 Å². The lowest BCUT2D eigenvalue weighted by Gasteiger charge is -2.04. The Balaban J connectivity index is 3.10. The summed E-state index contributed by atoms with van der Waals surface area (Å²) in [6.07, 6.45) is -0.0594. The lowest BCUT2D eigenvalue weighted by Crippen LogP contribution is -2.22. The van der Waals surface area contributed by atoms with Gasteiger partial charge in [-0.1, -0.05) is 0 Å². The molecule has 1 saturated carbocycles. The minimum Gasteiger partial charge on any atom is -0.468 e. The lowest BCUT2D eigenvalue weighted by atomic mass is 9.97. The Labute approximate surface area is 74.7 Å². The minimum atomic E-state index is -1.56. The second-order valence-electron chi connectivity index (χ2n) is 2.81. The normalized spacial score (nSPS) is 27.5. The van der Waals surface area contributed by atoms with Crippen LogP contribution in [0.1, 0.15) is 6.42 Å². The van der Waals surface area contributed by atoms with E-state index in [9.17, 15) is 4.79 Å². The van der Waals surface area contributed by atoms with Gasteiger partial charge in [0.2, 0.25) is 0 Å². The van der Waals surface area contributed by atoms with Crippen molar-refractivity contribution < 1.29 is 9.53 Å². The number of hydrogen-bond donors (Lipinski definition) is 0. The molecule has 0 aromatic heterocycles. The number of nitriles is 3. The van der Waals surface area contributed by atoms with E-state index >= 15 is 0 Å². The Morgan fingerprint density at radius 1 is 1.31 bits per heavy atom. The van der Waals surface area contributed by atoms with Crippen LogP contribution in [0.5, 0.6) is 0 Å². The fourth-order valence-electron chi connectivity index (χ4n) is 1.25. The zero-order valence-corrected chi connectivity index (χ0v) is 6.87. The van der Waals surface area contributed by atoms with E-state index in [4.69, 9.17) is 15.8 Å². The van der Waals surface area contributed by atoms with Crippen LogP contribution in [0.2, 0.25) is 0 Å². The van der Waals surface area contributed by atoms with E-state index in [1.807, 2.05) is 0 Å². The summed E-state index contributed by atoms with van der Waals surface area (Å²) >= 11 is 0. The van der Waals surface area contributed by atoms with E-state index in [1.54, 1.807) is 18.2 Å². The molecule has 0 bridgehead atoms. The van der Waals surface area contributed by atoms with E-state index in [-0.39, 0.29) is 6.42 Å². The molecule has 64 valence electrons. The van der Waals surface area contributed by atoms with Gasteiger partial charge in [0.15, 0.2) is 10.8 Å². The maximum absolute atomic E-state index is 11.1. The van der Waals surface area contributed by atoms with Gasteiger partial charge in [0.05, 0.1) is 25.3 Å². The molecular formula is C8H5N3O2. The predicted molar refractivity (Wildman–Crippen MR) is 38.3 cm³/mol. The molecular weight excluding hydrogens is 170 g/mol. The third-order valence-electron chi connectivity index (χ3n) is 2.24. The van der Waals surface area contributed by atoms with Gasteiger partial charge in [-0.2, -0.15) is 15.8 Å². The van der Waals surface area contributed by atoms with Crippen molar-refractivity contribution in [2.75, 3.05) is 7.11 Å². The highest BCUT2D eigenvalue weighted by atomic mass is 16.5. The van der Waals surface area contributed by atoms with E-state index in [0.29, 0.717) is 0 Å². The van der Waals surface area contributed by atoms with E-state index < -0.39 is 16.8 Å². The lowest BCUT2D eigenvalue weighted by molar-refractivity contribution is -0.145. The molecule has 0 spiro atoms.